The normalized spacial score (nSPS) is 14.1. The highest BCUT2D eigenvalue weighted by Crippen LogP contribution is 1.99. The number of halogens is 1. The summed E-state index contributed by atoms with van der Waals surface area (Å²) in [5.41, 5.74) is 1.21. The third-order valence-electron chi connectivity index (χ3n) is 2.55. The molecule has 4 nitrogen and oxygen atoms in total. The molecule has 1 aliphatic heterocycles. The van der Waals surface area contributed by atoms with E-state index in [1.165, 1.54) is 5.56 Å². The van der Waals surface area contributed by atoms with Crippen LogP contribution in [0.5, 0.6) is 0 Å². The van der Waals surface area contributed by atoms with Crippen LogP contribution in [0.15, 0.2) is 35.3 Å². The average molecular weight is 361 g/mol. The third-order valence-corrected chi connectivity index (χ3v) is 2.55. The molecule has 1 heterocycles. The van der Waals surface area contributed by atoms with Gasteiger partial charge in [0.25, 0.3) is 0 Å². The van der Waals surface area contributed by atoms with Gasteiger partial charge in [0.15, 0.2) is 5.96 Å². The second kappa shape index (κ2) is 9.16. The monoisotopic (exact) mass is 361 g/mol. The van der Waals surface area contributed by atoms with Gasteiger partial charge in [0.05, 0.1) is 13.2 Å². The molecule has 0 fully saturated rings. The first-order valence-corrected chi connectivity index (χ1v) is 6.09. The molecule has 0 amide bonds. The van der Waals surface area contributed by atoms with E-state index < -0.39 is 0 Å². The fourth-order valence-corrected chi connectivity index (χ4v) is 1.66. The molecule has 0 bridgehead atoms. The van der Waals surface area contributed by atoms with Crippen molar-refractivity contribution in [3.8, 4) is 0 Å². The minimum Gasteiger partial charge on any atom is -0.375 e. The number of benzene rings is 1. The SMILES string of the molecule is I.c1ccc(COCCNC2=NCCCN2)cc1. The summed E-state index contributed by atoms with van der Waals surface area (Å²) in [5, 5.41) is 6.43. The number of ether oxygens (including phenoxy) is 1. The number of nitrogens with one attached hydrogen (secondary N) is 2. The number of aliphatic imine (C=N–C) groups is 1. The van der Waals surface area contributed by atoms with Crippen LogP contribution in [0.4, 0.5) is 0 Å². The largest absolute Gasteiger partial charge is 0.375 e. The fraction of sp³-hybridized carbons (Fsp3) is 0.462. The molecule has 1 aromatic carbocycles. The quantitative estimate of drug-likeness (QED) is 0.621. The van der Waals surface area contributed by atoms with Gasteiger partial charge in [-0.25, -0.2) is 0 Å². The maximum absolute atomic E-state index is 5.57. The predicted molar refractivity (Wildman–Crippen MR) is 84.4 cm³/mol. The third kappa shape index (κ3) is 5.68. The van der Waals surface area contributed by atoms with Crippen molar-refractivity contribution in [2.75, 3.05) is 26.2 Å². The summed E-state index contributed by atoms with van der Waals surface area (Å²) in [4.78, 5) is 4.32. The van der Waals surface area contributed by atoms with Crippen LogP contribution >= 0.6 is 24.0 Å². The van der Waals surface area contributed by atoms with Crippen LogP contribution in [0, 0.1) is 0 Å². The summed E-state index contributed by atoms with van der Waals surface area (Å²) in [6.07, 6.45) is 1.12. The fourth-order valence-electron chi connectivity index (χ4n) is 1.66. The second-order valence-corrected chi connectivity index (χ2v) is 3.98. The summed E-state index contributed by atoms with van der Waals surface area (Å²) < 4.78 is 5.57. The number of hydrogen-bond donors (Lipinski definition) is 2. The maximum Gasteiger partial charge on any atom is 0.191 e. The number of guanidine groups is 1. The standard InChI is InChI=1S/C13H19N3O.HI/c1-2-5-12(6-3-1)11-17-10-9-16-13-14-7-4-8-15-13;/h1-3,5-6H,4,7-11H2,(H2,14,15,16);1H. The topological polar surface area (TPSA) is 45.6 Å². The lowest BCUT2D eigenvalue weighted by molar-refractivity contribution is 0.125. The van der Waals surface area contributed by atoms with E-state index in [2.05, 4.69) is 27.8 Å². The Morgan fingerprint density at radius 1 is 1.28 bits per heavy atom. The lowest BCUT2D eigenvalue weighted by atomic mass is 10.2. The van der Waals surface area contributed by atoms with Crippen LogP contribution in [0.1, 0.15) is 12.0 Å². The van der Waals surface area contributed by atoms with Gasteiger partial charge < -0.3 is 15.4 Å². The van der Waals surface area contributed by atoms with E-state index in [-0.39, 0.29) is 24.0 Å². The van der Waals surface area contributed by atoms with E-state index >= 15 is 0 Å². The Bertz CT molecular complexity index is 357. The predicted octanol–water partition coefficient (Wildman–Crippen LogP) is 1.76. The smallest absolute Gasteiger partial charge is 0.191 e. The van der Waals surface area contributed by atoms with E-state index in [0.717, 1.165) is 32.0 Å². The van der Waals surface area contributed by atoms with Crippen molar-refractivity contribution >= 4 is 29.9 Å². The minimum atomic E-state index is 0. The summed E-state index contributed by atoms with van der Waals surface area (Å²) in [7, 11) is 0. The molecule has 0 saturated carbocycles. The molecular formula is C13H20IN3O. The zero-order valence-electron chi connectivity index (χ0n) is 10.4. The molecule has 5 heteroatoms. The molecule has 100 valence electrons. The molecule has 0 radical (unpaired) electrons. The van der Waals surface area contributed by atoms with Crippen molar-refractivity contribution in [2.24, 2.45) is 4.99 Å². The Morgan fingerprint density at radius 2 is 2.11 bits per heavy atom. The first kappa shape index (κ1) is 15.2. The average Bonchev–Trinajstić information content (AvgIpc) is 2.41. The van der Waals surface area contributed by atoms with Crippen molar-refractivity contribution in [2.45, 2.75) is 13.0 Å². The minimum absolute atomic E-state index is 0. The molecule has 1 aliphatic rings. The molecule has 0 atom stereocenters. The van der Waals surface area contributed by atoms with Crippen LogP contribution in [0.25, 0.3) is 0 Å². The van der Waals surface area contributed by atoms with Crippen LogP contribution in [-0.2, 0) is 11.3 Å². The zero-order chi connectivity index (χ0) is 11.8. The van der Waals surface area contributed by atoms with Gasteiger partial charge in [-0.2, -0.15) is 0 Å². The Balaban J connectivity index is 0.00000162. The highest BCUT2D eigenvalue weighted by molar-refractivity contribution is 14.0. The van der Waals surface area contributed by atoms with Crippen LogP contribution in [-0.4, -0.2) is 32.2 Å². The van der Waals surface area contributed by atoms with E-state index in [9.17, 15) is 0 Å². The summed E-state index contributed by atoms with van der Waals surface area (Å²) in [6.45, 7) is 4.08. The van der Waals surface area contributed by atoms with Gasteiger partial charge in [-0.3, -0.25) is 4.99 Å². The first-order chi connectivity index (χ1) is 8.45. The summed E-state index contributed by atoms with van der Waals surface area (Å²) >= 11 is 0. The van der Waals surface area contributed by atoms with Gasteiger partial charge in [-0.1, -0.05) is 30.3 Å². The van der Waals surface area contributed by atoms with Crippen molar-refractivity contribution in [1.82, 2.24) is 10.6 Å². The zero-order valence-corrected chi connectivity index (χ0v) is 12.7. The Hall–Kier alpha value is -0.820. The molecule has 18 heavy (non-hydrogen) atoms. The van der Waals surface area contributed by atoms with E-state index in [4.69, 9.17) is 4.74 Å². The van der Waals surface area contributed by atoms with E-state index in [1.54, 1.807) is 0 Å². The van der Waals surface area contributed by atoms with Gasteiger partial charge in [-0.05, 0) is 12.0 Å². The molecule has 0 aliphatic carbocycles. The van der Waals surface area contributed by atoms with Crippen molar-refractivity contribution < 1.29 is 4.74 Å². The number of hydrogen-bond acceptors (Lipinski definition) is 4. The van der Waals surface area contributed by atoms with Gasteiger partial charge in [0.1, 0.15) is 0 Å². The molecule has 1 aromatic rings. The van der Waals surface area contributed by atoms with Gasteiger partial charge in [-0.15, -0.1) is 24.0 Å². The molecule has 0 saturated heterocycles. The highest BCUT2D eigenvalue weighted by Gasteiger charge is 2.01. The number of nitrogens with zero attached hydrogens (tertiary/aromatic N) is 1. The van der Waals surface area contributed by atoms with Crippen molar-refractivity contribution in [3.05, 3.63) is 35.9 Å². The van der Waals surface area contributed by atoms with Gasteiger partial charge in [0.2, 0.25) is 0 Å². The second-order valence-electron chi connectivity index (χ2n) is 3.98. The first-order valence-electron chi connectivity index (χ1n) is 6.09. The Kier molecular flexibility index (Phi) is 7.75. The van der Waals surface area contributed by atoms with E-state index in [0.29, 0.717) is 13.2 Å². The summed E-state index contributed by atoms with van der Waals surface area (Å²) in [6, 6.07) is 10.2. The van der Waals surface area contributed by atoms with Crippen molar-refractivity contribution in [3.63, 3.8) is 0 Å². The maximum atomic E-state index is 5.57. The molecule has 2 N–H and O–H groups in total. The van der Waals surface area contributed by atoms with Gasteiger partial charge in [0, 0.05) is 19.6 Å². The lowest BCUT2D eigenvalue weighted by Crippen LogP contribution is -2.41. The molecule has 0 aromatic heterocycles. The molecule has 2 rings (SSSR count). The molecular weight excluding hydrogens is 341 g/mol. The number of rotatable bonds is 5. The van der Waals surface area contributed by atoms with E-state index in [1.807, 2.05) is 18.2 Å². The lowest BCUT2D eigenvalue weighted by Gasteiger charge is -2.15. The Morgan fingerprint density at radius 3 is 2.83 bits per heavy atom. The van der Waals surface area contributed by atoms with Crippen molar-refractivity contribution in [1.29, 1.82) is 0 Å². The summed E-state index contributed by atoms with van der Waals surface area (Å²) in [5.74, 6) is 0.902. The van der Waals surface area contributed by atoms with Crippen LogP contribution in [0.3, 0.4) is 0 Å². The Labute approximate surface area is 125 Å². The van der Waals surface area contributed by atoms with Crippen LogP contribution < -0.4 is 10.6 Å². The molecule has 0 unspecified atom stereocenters. The van der Waals surface area contributed by atoms with Gasteiger partial charge >= 0.3 is 0 Å². The van der Waals surface area contributed by atoms with Crippen LogP contribution in [0.2, 0.25) is 0 Å². The highest BCUT2D eigenvalue weighted by atomic mass is 127. The molecule has 0 spiro atoms.